The molecule has 5 nitrogen and oxygen atoms in total. The zero-order chi connectivity index (χ0) is 17.1. The summed E-state index contributed by atoms with van der Waals surface area (Å²) in [5.74, 6) is -0.546. The van der Waals surface area contributed by atoms with Gasteiger partial charge in [0, 0.05) is 17.9 Å². The van der Waals surface area contributed by atoms with Gasteiger partial charge in [-0.2, -0.15) is 5.10 Å². The molecule has 1 aliphatic heterocycles. The van der Waals surface area contributed by atoms with Crippen molar-refractivity contribution in [1.82, 2.24) is 0 Å². The molecule has 0 bridgehead atoms. The van der Waals surface area contributed by atoms with Crippen molar-refractivity contribution in [3.8, 4) is 0 Å². The van der Waals surface area contributed by atoms with Crippen LogP contribution in [0.2, 0.25) is 10.0 Å². The maximum atomic E-state index is 12.4. The number of hydrazone groups is 1. The van der Waals surface area contributed by atoms with Crippen LogP contribution >= 0.6 is 23.2 Å². The molecule has 1 aliphatic rings. The van der Waals surface area contributed by atoms with Gasteiger partial charge in [-0.15, -0.1) is 0 Å². The van der Waals surface area contributed by atoms with E-state index in [1.54, 1.807) is 42.5 Å². The molecule has 0 saturated heterocycles. The Morgan fingerprint density at radius 3 is 2.54 bits per heavy atom. The number of amides is 2. The van der Waals surface area contributed by atoms with Crippen molar-refractivity contribution in [2.45, 2.75) is 12.8 Å². The van der Waals surface area contributed by atoms with Crippen molar-refractivity contribution in [2.24, 2.45) is 5.10 Å². The predicted octanol–water partition coefficient (Wildman–Crippen LogP) is 4.11. The molecule has 24 heavy (non-hydrogen) atoms. The predicted molar refractivity (Wildman–Crippen MR) is 95.7 cm³/mol. The van der Waals surface area contributed by atoms with E-state index in [0.717, 1.165) is 0 Å². The number of benzene rings is 2. The Balaban J connectivity index is 1.82. The maximum absolute atomic E-state index is 12.4. The highest BCUT2D eigenvalue weighted by Crippen LogP contribution is 2.26. The van der Waals surface area contributed by atoms with Crippen LogP contribution in [-0.4, -0.2) is 17.5 Å². The Labute approximate surface area is 148 Å². The molecule has 0 radical (unpaired) electrons. The lowest BCUT2D eigenvalue weighted by atomic mass is 10.1. The molecule has 0 aliphatic carbocycles. The Morgan fingerprint density at radius 1 is 1.08 bits per heavy atom. The van der Waals surface area contributed by atoms with E-state index in [9.17, 15) is 9.59 Å². The molecule has 1 heterocycles. The number of nitrogens with zero attached hydrogens (tertiary/aromatic N) is 2. The largest absolute Gasteiger partial charge is 0.320 e. The number of rotatable bonds is 3. The first-order valence-electron chi connectivity index (χ1n) is 7.26. The van der Waals surface area contributed by atoms with E-state index in [1.165, 1.54) is 5.01 Å². The molecular weight excluding hydrogens is 349 g/mol. The number of carbonyl (C=O) groups is 2. The lowest BCUT2D eigenvalue weighted by Gasteiger charge is -2.23. The number of nitrogens with one attached hydrogen (secondary N) is 1. The van der Waals surface area contributed by atoms with Gasteiger partial charge < -0.3 is 5.32 Å². The van der Waals surface area contributed by atoms with Crippen molar-refractivity contribution in [2.75, 3.05) is 10.3 Å². The van der Waals surface area contributed by atoms with Crippen LogP contribution in [0.25, 0.3) is 0 Å². The summed E-state index contributed by atoms with van der Waals surface area (Å²) in [4.78, 5) is 24.5. The third-order valence-corrected chi connectivity index (χ3v) is 4.02. The minimum atomic E-state index is -0.396. The number of anilines is 2. The average molecular weight is 362 g/mol. The van der Waals surface area contributed by atoms with Crippen molar-refractivity contribution in [3.05, 3.63) is 58.6 Å². The van der Waals surface area contributed by atoms with Crippen molar-refractivity contribution >= 4 is 52.1 Å². The Morgan fingerprint density at radius 2 is 1.83 bits per heavy atom. The SMILES string of the molecule is O=C(Nc1ccc(Cl)cc1Cl)C1=NN(c2ccccc2)C(=O)CC1. The fourth-order valence-corrected chi connectivity index (χ4v) is 2.73. The molecule has 2 aromatic carbocycles. The lowest BCUT2D eigenvalue weighted by molar-refractivity contribution is -0.118. The average Bonchev–Trinajstić information content (AvgIpc) is 2.58. The van der Waals surface area contributed by atoms with Gasteiger partial charge in [0.1, 0.15) is 5.71 Å². The molecule has 2 aromatic rings. The van der Waals surface area contributed by atoms with Gasteiger partial charge in [0.2, 0.25) is 5.91 Å². The van der Waals surface area contributed by atoms with Crippen LogP contribution in [0.1, 0.15) is 12.8 Å². The number of hydrogen-bond donors (Lipinski definition) is 1. The normalized spacial score (nSPS) is 14.3. The summed E-state index contributed by atoms with van der Waals surface area (Å²) >= 11 is 11.9. The number of para-hydroxylation sites is 1. The standard InChI is InChI=1S/C17H13Cl2N3O2/c18-11-6-7-14(13(19)10-11)20-17(24)15-8-9-16(23)22(21-15)12-4-2-1-3-5-12/h1-7,10H,8-9H2,(H,20,24). The first-order valence-corrected chi connectivity index (χ1v) is 8.02. The van der Waals surface area contributed by atoms with Crippen LogP contribution in [0.4, 0.5) is 11.4 Å². The van der Waals surface area contributed by atoms with Crippen molar-refractivity contribution < 1.29 is 9.59 Å². The van der Waals surface area contributed by atoms with Gasteiger partial charge in [0.25, 0.3) is 5.91 Å². The fraction of sp³-hybridized carbons (Fsp3) is 0.118. The first-order chi connectivity index (χ1) is 11.5. The molecular formula is C17H13Cl2N3O2. The molecule has 0 spiro atoms. The summed E-state index contributed by atoms with van der Waals surface area (Å²) in [5, 5.41) is 8.96. The van der Waals surface area contributed by atoms with Crippen LogP contribution in [-0.2, 0) is 9.59 Å². The summed E-state index contributed by atoms with van der Waals surface area (Å²) < 4.78 is 0. The summed E-state index contributed by atoms with van der Waals surface area (Å²) in [6.07, 6.45) is 0.495. The van der Waals surface area contributed by atoms with E-state index in [-0.39, 0.29) is 24.5 Å². The van der Waals surface area contributed by atoms with Crippen LogP contribution in [0.15, 0.2) is 53.6 Å². The van der Waals surface area contributed by atoms with Crippen molar-refractivity contribution in [3.63, 3.8) is 0 Å². The first kappa shape index (κ1) is 16.5. The monoisotopic (exact) mass is 361 g/mol. The van der Waals surface area contributed by atoms with Crippen LogP contribution in [0.5, 0.6) is 0 Å². The number of carbonyl (C=O) groups excluding carboxylic acids is 2. The van der Waals surface area contributed by atoms with E-state index < -0.39 is 5.91 Å². The topological polar surface area (TPSA) is 61.8 Å². The van der Waals surface area contributed by atoms with Gasteiger partial charge in [0.15, 0.2) is 0 Å². The van der Waals surface area contributed by atoms with Gasteiger partial charge >= 0.3 is 0 Å². The summed E-state index contributed by atoms with van der Waals surface area (Å²) in [5.41, 5.74) is 1.33. The highest BCUT2D eigenvalue weighted by Gasteiger charge is 2.25. The lowest BCUT2D eigenvalue weighted by Crippen LogP contribution is -2.36. The molecule has 0 aromatic heterocycles. The highest BCUT2D eigenvalue weighted by atomic mass is 35.5. The Kier molecular flexibility index (Phi) is 4.83. The molecule has 0 atom stereocenters. The fourth-order valence-electron chi connectivity index (χ4n) is 2.27. The molecule has 7 heteroatoms. The molecule has 122 valence electrons. The van der Waals surface area contributed by atoms with Gasteiger partial charge in [-0.3, -0.25) is 9.59 Å². The molecule has 0 unspecified atom stereocenters. The minimum Gasteiger partial charge on any atom is -0.320 e. The van der Waals surface area contributed by atoms with Crippen LogP contribution in [0, 0.1) is 0 Å². The van der Waals surface area contributed by atoms with E-state index in [0.29, 0.717) is 21.4 Å². The second kappa shape index (κ2) is 7.03. The third-order valence-electron chi connectivity index (χ3n) is 3.47. The maximum Gasteiger partial charge on any atom is 0.271 e. The Hall–Kier alpha value is -2.37. The molecule has 2 amide bonds. The number of hydrogen-bond acceptors (Lipinski definition) is 3. The smallest absolute Gasteiger partial charge is 0.271 e. The van der Waals surface area contributed by atoms with E-state index in [2.05, 4.69) is 10.4 Å². The molecule has 0 saturated carbocycles. The third kappa shape index (κ3) is 3.58. The van der Waals surface area contributed by atoms with Crippen LogP contribution in [0.3, 0.4) is 0 Å². The summed E-state index contributed by atoms with van der Waals surface area (Å²) in [7, 11) is 0. The van der Waals surface area contributed by atoms with Gasteiger partial charge in [0.05, 0.1) is 16.4 Å². The molecule has 0 fully saturated rings. The van der Waals surface area contributed by atoms with Gasteiger partial charge in [-0.1, -0.05) is 41.4 Å². The molecule has 1 N–H and O–H groups in total. The van der Waals surface area contributed by atoms with Gasteiger partial charge in [-0.25, -0.2) is 5.01 Å². The molecule has 3 rings (SSSR count). The van der Waals surface area contributed by atoms with Crippen molar-refractivity contribution in [1.29, 1.82) is 0 Å². The van der Waals surface area contributed by atoms with Crippen LogP contribution < -0.4 is 10.3 Å². The quantitative estimate of drug-likeness (QED) is 0.893. The van der Waals surface area contributed by atoms with Gasteiger partial charge in [-0.05, 0) is 30.3 Å². The zero-order valence-corrected chi connectivity index (χ0v) is 14.0. The summed E-state index contributed by atoms with van der Waals surface area (Å²) in [6.45, 7) is 0. The summed E-state index contributed by atoms with van der Waals surface area (Å²) in [6, 6.07) is 13.8. The minimum absolute atomic E-state index is 0.151. The number of halogens is 2. The van der Waals surface area contributed by atoms with E-state index >= 15 is 0 Å². The Bertz CT molecular complexity index is 822. The van der Waals surface area contributed by atoms with E-state index in [1.807, 2.05) is 6.07 Å². The van der Waals surface area contributed by atoms with E-state index in [4.69, 9.17) is 23.2 Å². The zero-order valence-electron chi connectivity index (χ0n) is 12.5. The highest BCUT2D eigenvalue weighted by molar-refractivity contribution is 6.45. The second-order valence-corrected chi connectivity index (χ2v) is 6.01. The second-order valence-electron chi connectivity index (χ2n) is 5.17.